The van der Waals surface area contributed by atoms with Gasteiger partial charge in [-0.3, -0.25) is 14.7 Å². The van der Waals surface area contributed by atoms with Gasteiger partial charge in [0.05, 0.1) is 23.2 Å². The smallest absolute Gasteiger partial charge is 0.255 e. The van der Waals surface area contributed by atoms with E-state index in [-0.39, 0.29) is 10.7 Å². The summed E-state index contributed by atoms with van der Waals surface area (Å²) in [5, 5.41) is 0.287. The standard InChI is InChI=1S/C18H19ClFN5O/c19-16-11(7-12(20)8-22-16)9-25-6-4-14-13(10-25)18(26)24-17(23-14)15-3-1-2-5-21-15/h7-8H,1-6,9-10H2,(H,23,24,26). The Morgan fingerprint density at radius 3 is 3.00 bits per heavy atom. The molecule has 136 valence electrons. The van der Waals surface area contributed by atoms with Crippen LogP contribution in [-0.4, -0.2) is 38.7 Å². The van der Waals surface area contributed by atoms with E-state index in [1.807, 2.05) is 0 Å². The van der Waals surface area contributed by atoms with Gasteiger partial charge in [-0.15, -0.1) is 0 Å². The maximum Gasteiger partial charge on any atom is 0.255 e. The summed E-state index contributed by atoms with van der Waals surface area (Å²) in [5.74, 6) is 0.193. The number of fused-ring (bicyclic) bond motifs is 1. The molecule has 0 fully saturated rings. The molecule has 0 atom stereocenters. The molecule has 0 unspecified atom stereocenters. The van der Waals surface area contributed by atoms with Crippen LogP contribution in [-0.2, 0) is 19.5 Å². The van der Waals surface area contributed by atoms with Gasteiger partial charge < -0.3 is 4.98 Å². The Morgan fingerprint density at radius 1 is 1.31 bits per heavy atom. The van der Waals surface area contributed by atoms with E-state index in [9.17, 15) is 9.18 Å². The highest BCUT2D eigenvalue weighted by Crippen LogP contribution is 2.21. The number of nitrogens with zero attached hydrogens (tertiary/aromatic N) is 4. The maximum atomic E-state index is 13.4. The average Bonchev–Trinajstić information content (AvgIpc) is 2.66. The second-order valence-corrected chi connectivity index (χ2v) is 7.05. The molecule has 26 heavy (non-hydrogen) atoms. The van der Waals surface area contributed by atoms with Gasteiger partial charge in [0.1, 0.15) is 11.0 Å². The highest BCUT2D eigenvalue weighted by Gasteiger charge is 2.23. The molecular weight excluding hydrogens is 357 g/mol. The number of H-pyrrole nitrogens is 1. The molecule has 2 aliphatic heterocycles. The second-order valence-electron chi connectivity index (χ2n) is 6.69. The van der Waals surface area contributed by atoms with Crippen LogP contribution >= 0.6 is 11.6 Å². The van der Waals surface area contributed by atoms with Crippen molar-refractivity contribution in [1.82, 2.24) is 19.9 Å². The van der Waals surface area contributed by atoms with Gasteiger partial charge >= 0.3 is 0 Å². The highest BCUT2D eigenvalue weighted by molar-refractivity contribution is 6.30. The van der Waals surface area contributed by atoms with E-state index < -0.39 is 5.82 Å². The Labute approximate surface area is 155 Å². The molecule has 0 bridgehead atoms. The Kier molecular flexibility index (Phi) is 4.82. The van der Waals surface area contributed by atoms with Crippen LogP contribution in [0.25, 0.3) is 0 Å². The Balaban J connectivity index is 1.56. The molecule has 0 amide bonds. The van der Waals surface area contributed by atoms with Crippen molar-refractivity contribution in [3.05, 3.63) is 56.2 Å². The summed E-state index contributed by atoms with van der Waals surface area (Å²) in [5.41, 5.74) is 2.89. The van der Waals surface area contributed by atoms with Crippen LogP contribution in [0.2, 0.25) is 5.15 Å². The predicted octanol–water partition coefficient (Wildman–Crippen LogP) is 2.49. The molecular formula is C18H19ClFN5O. The lowest BCUT2D eigenvalue weighted by molar-refractivity contribution is 0.241. The summed E-state index contributed by atoms with van der Waals surface area (Å²) < 4.78 is 13.4. The van der Waals surface area contributed by atoms with Crippen molar-refractivity contribution in [3.63, 3.8) is 0 Å². The van der Waals surface area contributed by atoms with Crippen molar-refractivity contribution in [2.45, 2.75) is 38.8 Å². The molecule has 4 rings (SSSR count). The second kappa shape index (κ2) is 7.25. The molecule has 2 aromatic rings. The molecule has 0 radical (unpaired) electrons. The maximum absolute atomic E-state index is 13.4. The predicted molar refractivity (Wildman–Crippen MR) is 97.1 cm³/mol. The number of rotatable bonds is 3. The van der Waals surface area contributed by atoms with Gasteiger partial charge in [0, 0.05) is 38.2 Å². The lowest BCUT2D eigenvalue weighted by Gasteiger charge is -2.28. The van der Waals surface area contributed by atoms with Gasteiger partial charge in [-0.25, -0.2) is 14.4 Å². The Morgan fingerprint density at radius 2 is 2.19 bits per heavy atom. The van der Waals surface area contributed by atoms with E-state index in [0.29, 0.717) is 36.5 Å². The Hall–Kier alpha value is -2.12. The summed E-state index contributed by atoms with van der Waals surface area (Å²) in [6.45, 7) is 2.42. The van der Waals surface area contributed by atoms with Crippen LogP contribution in [0.4, 0.5) is 4.39 Å². The molecule has 0 aromatic carbocycles. The minimum atomic E-state index is -0.417. The summed E-state index contributed by atoms with van der Waals surface area (Å²) in [6.07, 6.45) is 4.79. The molecule has 0 spiro atoms. The van der Waals surface area contributed by atoms with E-state index in [1.54, 1.807) is 0 Å². The third-order valence-corrected chi connectivity index (χ3v) is 5.16. The van der Waals surface area contributed by atoms with Gasteiger partial charge in [0.15, 0.2) is 5.82 Å². The first-order chi connectivity index (χ1) is 12.6. The van der Waals surface area contributed by atoms with Gasteiger partial charge in [-0.1, -0.05) is 11.6 Å². The van der Waals surface area contributed by atoms with Gasteiger partial charge in [0.2, 0.25) is 0 Å². The zero-order valence-electron chi connectivity index (χ0n) is 14.3. The number of aromatic nitrogens is 3. The van der Waals surface area contributed by atoms with Crippen molar-refractivity contribution >= 4 is 17.3 Å². The molecule has 0 aliphatic carbocycles. The Bertz CT molecular complexity index is 926. The summed E-state index contributed by atoms with van der Waals surface area (Å²) >= 11 is 6.06. The van der Waals surface area contributed by atoms with Gasteiger partial charge in [-0.2, -0.15) is 0 Å². The molecule has 1 N–H and O–H groups in total. The van der Waals surface area contributed by atoms with E-state index in [1.165, 1.54) is 6.07 Å². The first kappa shape index (κ1) is 17.3. The number of halogens is 2. The van der Waals surface area contributed by atoms with Crippen molar-refractivity contribution in [1.29, 1.82) is 0 Å². The average molecular weight is 376 g/mol. The van der Waals surface area contributed by atoms with Gasteiger partial charge in [-0.05, 0) is 25.3 Å². The highest BCUT2D eigenvalue weighted by atomic mass is 35.5. The number of hydrogen-bond acceptors (Lipinski definition) is 5. The zero-order chi connectivity index (χ0) is 18.1. The largest absolute Gasteiger partial charge is 0.305 e. The van der Waals surface area contributed by atoms with Crippen LogP contribution in [0.3, 0.4) is 0 Å². The topological polar surface area (TPSA) is 74.2 Å². The fraction of sp³-hybridized carbons (Fsp3) is 0.444. The van der Waals surface area contributed by atoms with Crippen LogP contribution in [0.15, 0.2) is 22.1 Å². The summed E-state index contributed by atoms with van der Waals surface area (Å²) in [7, 11) is 0. The molecule has 8 heteroatoms. The summed E-state index contributed by atoms with van der Waals surface area (Å²) in [6, 6.07) is 1.39. The molecule has 0 saturated heterocycles. The fourth-order valence-corrected chi connectivity index (χ4v) is 3.62. The molecule has 2 aromatic heterocycles. The normalized spacial score (nSPS) is 17.7. The van der Waals surface area contributed by atoms with Crippen LogP contribution < -0.4 is 5.56 Å². The van der Waals surface area contributed by atoms with E-state index in [2.05, 4.69) is 24.8 Å². The van der Waals surface area contributed by atoms with E-state index in [0.717, 1.165) is 50.0 Å². The molecule has 2 aliphatic rings. The fourth-order valence-electron chi connectivity index (χ4n) is 3.46. The number of hydrogen-bond donors (Lipinski definition) is 1. The quantitative estimate of drug-likeness (QED) is 0.836. The zero-order valence-corrected chi connectivity index (χ0v) is 15.0. The van der Waals surface area contributed by atoms with E-state index in [4.69, 9.17) is 11.6 Å². The van der Waals surface area contributed by atoms with Crippen molar-refractivity contribution in [2.75, 3.05) is 13.1 Å². The summed E-state index contributed by atoms with van der Waals surface area (Å²) in [4.78, 5) is 30.5. The van der Waals surface area contributed by atoms with Crippen LogP contribution in [0.1, 0.15) is 41.9 Å². The number of pyridine rings is 1. The minimum Gasteiger partial charge on any atom is -0.305 e. The van der Waals surface area contributed by atoms with Crippen molar-refractivity contribution < 1.29 is 4.39 Å². The SMILES string of the molecule is O=c1[nH]c(C2=NCCCC2)nc2c1CN(Cc1cc(F)cnc1Cl)CC2. The first-order valence-corrected chi connectivity index (χ1v) is 9.16. The third-order valence-electron chi connectivity index (χ3n) is 4.82. The number of nitrogens with one attached hydrogen (secondary N) is 1. The van der Waals surface area contributed by atoms with Crippen molar-refractivity contribution in [2.24, 2.45) is 4.99 Å². The molecule has 6 nitrogen and oxygen atoms in total. The van der Waals surface area contributed by atoms with Gasteiger partial charge in [0.25, 0.3) is 5.56 Å². The monoisotopic (exact) mass is 375 g/mol. The third kappa shape index (κ3) is 3.54. The number of aromatic amines is 1. The van der Waals surface area contributed by atoms with Crippen LogP contribution in [0.5, 0.6) is 0 Å². The van der Waals surface area contributed by atoms with Crippen molar-refractivity contribution in [3.8, 4) is 0 Å². The molecule has 4 heterocycles. The van der Waals surface area contributed by atoms with E-state index >= 15 is 0 Å². The lowest BCUT2D eigenvalue weighted by Crippen LogP contribution is -2.36. The number of aliphatic imine (C=N–C) groups is 1. The molecule has 0 saturated carbocycles. The van der Waals surface area contributed by atoms with Crippen LogP contribution in [0, 0.1) is 5.82 Å². The minimum absolute atomic E-state index is 0.119. The lowest BCUT2D eigenvalue weighted by atomic mass is 10.0. The first-order valence-electron chi connectivity index (χ1n) is 8.78.